The molecule has 1 atom stereocenters. The lowest BCUT2D eigenvalue weighted by Gasteiger charge is -2.39. The Morgan fingerprint density at radius 1 is 1.19 bits per heavy atom. The molecule has 0 saturated heterocycles. The van der Waals surface area contributed by atoms with E-state index in [9.17, 15) is 27.9 Å². The Hall–Kier alpha value is -3.87. The molecule has 1 unspecified atom stereocenters. The summed E-state index contributed by atoms with van der Waals surface area (Å²) in [5, 5.41) is 15.0. The molecular weight excluding hydrogens is 493 g/mol. The van der Waals surface area contributed by atoms with Gasteiger partial charge >= 0.3 is 12.3 Å². The van der Waals surface area contributed by atoms with Gasteiger partial charge in [0.15, 0.2) is 17.3 Å². The number of rotatable bonds is 7. The maximum absolute atomic E-state index is 13.4. The lowest BCUT2D eigenvalue weighted by atomic mass is 10.1. The van der Waals surface area contributed by atoms with E-state index in [0.717, 1.165) is 16.7 Å². The second-order valence-corrected chi connectivity index (χ2v) is 8.40. The first-order valence-electron chi connectivity index (χ1n) is 11.8. The zero-order valence-corrected chi connectivity index (χ0v) is 20.6. The minimum Gasteiger partial charge on any atom is -0.449 e. The van der Waals surface area contributed by atoms with Crippen LogP contribution in [0.1, 0.15) is 48.8 Å². The van der Waals surface area contributed by atoms with Gasteiger partial charge in [0, 0.05) is 19.3 Å². The number of carbonyl (C=O) groups is 2. The van der Waals surface area contributed by atoms with E-state index in [2.05, 4.69) is 10.1 Å². The van der Waals surface area contributed by atoms with Gasteiger partial charge in [0.2, 0.25) is 6.35 Å². The first-order chi connectivity index (χ1) is 17.6. The fourth-order valence-corrected chi connectivity index (χ4v) is 4.25. The molecule has 1 amide bonds. The first-order valence-corrected chi connectivity index (χ1v) is 11.8. The molecule has 0 radical (unpaired) electrons. The van der Waals surface area contributed by atoms with Crippen LogP contribution in [0.4, 0.5) is 23.8 Å². The van der Waals surface area contributed by atoms with E-state index < -0.39 is 30.1 Å². The number of hydrogen-bond donors (Lipinski definition) is 1. The predicted octanol–water partition coefficient (Wildman–Crippen LogP) is 3.79. The number of fused-ring (bicyclic) bond motifs is 1. The molecule has 0 fully saturated rings. The van der Waals surface area contributed by atoms with Crippen LogP contribution < -0.4 is 4.90 Å². The molecule has 3 aromatic rings. The molecule has 2 aromatic heterocycles. The van der Waals surface area contributed by atoms with Crippen LogP contribution in [0.15, 0.2) is 36.7 Å². The van der Waals surface area contributed by atoms with Gasteiger partial charge in [-0.3, -0.25) is 14.4 Å². The number of carbonyl (C=O) groups excluding carboxylic acids is 2. The van der Waals surface area contributed by atoms with Crippen LogP contribution in [0.2, 0.25) is 0 Å². The van der Waals surface area contributed by atoms with Crippen LogP contribution >= 0.6 is 0 Å². The summed E-state index contributed by atoms with van der Waals surface area (Å²) in [4.78, 5) is 33.6. The van der Waals surface area contributed by atoms with Gasteiger partial charge in [-0.25, -0.2) is 14.3 Å². The van der Waals surface area contributed by atoms with Crippen molar-refractivity contribution in [3.05, 3.63) is 53.5 Å². The molecule has 37 heavy (non-hydrogen) atoms. The molecule has 0 saturated carbocycles. The SMILES string of the molecule is CCCN1C(=O)c2c(nc(-c3cnn(Cc4cccc(C(F)(F)F)c4)c3)n2C(=O)OCC)N(CC)C1O. The lowest BCUT2D eigenvalue weighted by molar-refractivity contribution is -0.137. The molecule has 0 bridgehead atoms. The van der Waals surface area contributed by atoms with E-state index in [1.807, 2.05) is 6.92 Å². The van der Waals surface area contributed by atoms with Crippen LogP contribution in [0.25, 0.3) is 11.4 Å². The minimum atomic E-state index is -4.47. The number of nitrogens with zero attached hydrogens (tertiary/aromatic N) is 6. The molecule has 1 aromatic carbocycles. The summed E-state index contributed by atoms with van der Waals surface area (Å²) in [6.45, 7) is 5.91. The third-order valence-corrected chi connectivity index (χ3v) is 5.90. The molecular formula is C24H27F3N6O4. The Balaban J connectivity index is 1.77. The van der Waals surface area contributed by atoms with E-state index in [-0.39, 0.29) is 37.0 Å². The van der Waals surface area contributed by atoms with Gasteiger partial charge in [-0.15, -0.1) is 0 Å². The third-order valence-electron chi connectivity index (χ3n) is 5.90. The summed E-state index contributed by atoms with van der Waals surface area (Å²) in [6, 6.07) is 4.91. The monoisotopic (exact) mass is 520 g/mol. The van der Waals surface area contributed by atoms with Crippen LogP contribution in [-0.2, 0) is 17.5 Å². The van der Waals surface area contributed by atoms with Crippen molar-refractivity contribution in [2.24, 2.45) is 0 Å². The fraction of sp³-hybridized carbons (Fsp3) is 0.417. The zero-order chi connectivity index (χ0) is 26.9. The number of aliphatic hydroxyl groups is 1. The summed E-state index contributed by atoms with van der Waals surface area (Å²) >= 11 is 0. The van der Waals surface area contributed by atoms with E-state index >= 15 is 0 Å². The van der Waals surface area contributed by atoms with Crippen molar-refractivity contribution in [2.75, 3.05) is 24.6 Å². The van der Waals surface area contributed by atoms with Crippen molar-refractivity contribution in [1.82, 2.24) is 24.2 Å². The quantitative estimate of drug-likeness (QED) is 0.505. The number of aliphatic hydroxyl groups excluding tert-OH is 1. The second-order valence-electron chi connectivity index (χ2n) is 8.40. The Bertz CT molecular complexity index is 1300. The first kappa shape index (κ1) is 26.2. The van der Waals surface area contributed by atoms with Gasteiger partial charge in [-0.05, 0) is 38.0 Å². The van der Waals surface area contributed by atoms with Crippen molar-refractivity contribution in [2.45, 2.75) is 46.3 Å². The van der Waals surface area contributed by atoms with Crippen LogP contribution in [0.3, 0.4) is 0 Å². The van der Waals surface area contributed by atoms with Crippen LogP contribution in [-0.4, -0.2) is 67.4 Å². The number of benzene rings is 1. The average molecular weight is 521 g/mol. The maximum atomic E-state index is 13.4. The smallest absolute Gasteiger partial charge is 0.420 e. The van der Waals surface area contributed by atoms with Gasteiger partial charge in [-0.1, -0.05) is 19.1 Å². The molecule has 13 heteroatoms. The van der Waals surface area contributed by atoms with Gasteiger partial charge < -0.3 is 14.7 Å². The second kappa shape index (κ2) is 10.2. The summed E-state index contributed by atoms with van der Waals surface area (Å²) in [5.41, 5.74) is -0.0890. The van der Waals surface area contributed by atoms with Gasteiger partial charge in [-0.2, -0.15) is 18.3 Å². The van der Waals surface area contributed by atoms with Gasteiger partial charge in [0.05, 0.1) is 30.5 Å². The molecule has 1 N–H and O–H groups in total. The van der Waals surface area contributed by atoms with Crippen molar-refractivity contribution < 1.29 is 32.6 Å². The van der Waals surface area contributed by atoms with Gasteiger partial charge in [0.25, 0.3) is 5.91 Å². The molecule has 0 spiro atoms. The fourth-order valence-electron chi connectivity index (χ4n) is 4.25. The molecule has 10 nitrogen and oxygen atoms in total. The third kappa shape index (κ3) is 4.90. The molecule has 198 valence electrons. The van der Waals surface area contributed by atoms with Crippen LogP contribution in [0.5, 0.6) is 0 Å². The highest BCUT2D eigenvalue weighted by Crippen LogP contribution is 2.35. The van der Waals surface area contributed by atoms with E-state index in [0.29, 0.717) is 24.1 Å². The van der Waals surface area contributed by atoms with Crippen molar-refractivity contribution in [1.29, 1.82) is 0 Å². The number of imidazole rings is 1. The Labute approximate surface area is 210 Å². The predicted molar refractivity (Wildman–Crippen MR) is 127 cm³/mol. The summed E-state index contributed by atoms with van der Waals surface area (Å²) in [6.07, 6.45) is -3.05. The number of hydrogen-bond acceptors (Lipinski definition) is 7. The van der Waals surface area contributed by atoms with Crippen molar-refractivity contribution >= 4 is 17.8 Å². The largest absolute Gasteiger partial charge is 0.449 e. The number of amides is 1. The molecule has 3 heterocycles. The summed E-state index contributed by atoms with van der Waals surface area (Å²) in [7, 11) is 0. The summed E-state index contributed by atoms with van der Waals surface area (Å²) < 4.78 is 46.9. The Morgan fingerprint density at radius 2 is 1.95 bits per heavy atom. The highest BCUT2D eigenvalue weighted by atomic mass is 19.4. The molecule has 1 aliphatic rings. The van der Waals surface area contributed by atoms with E-state index in [1.165, 1.54) is 32.9 Å². The standard InChI is InChI=1S/C24H27F3N6O4/c1-4-10-32-21(34)18-20(31(5-2)22(32)35)29-19(33(18)23(36)37-6-3)16-12-28-30(14-16)13-15-8-7-9-17(11-15)24(25,26)27/h7-9,11-12,14,22,35H,4-6,10,13H2,1-3H3. The number of anilines is 1. The average Bonchev–Trinajstić information content (AvgIpc) is 3.47. The molecule has 1 aliphatic heterocycles. The number of alkyl halides is 3. The van der Waals surface area contributed by atoms with Crippen molar-refractivity contribution in [3.63, 3.8) is 0 Å². The van der Waals surface area contributed by atoms with E-state index in [1.54, 1.807) is 19.9 Å². The summed E-state index contributed by atoms with van der Waals surface area (Å²) in [5.74, 6) is -0.380. The van der Waals surface area contributed by atoms with E-state index in [4.69, 9.17) is 4.74 Å². The lowest BCUT2D eigenvalue weighted by Crippen LogP contribution is -2.56. The Kier molecular flexibility index (Phi) is 7.25. The number of halogens is 3. The highest BCUT2D eigenvalue weighted by molar-refractivity contribution is 6.03. The molecule has 4 rings (SSSR count). The Morgan fingerprint density at radius 3 is 2.59 bits per heavy atom. The normalized spacial score (nSPS) is 15.8. The van der Waals surface area contributed by atoms with Crippen LogP contribution in [0, 0.1) is 0 Å². The van der Waals surface area contributed by atoms with Gasteiger partial charge in [0.1, 0.15) is 0 Å². The maximum Gasteiger partial charge on any atom is 0.420 e. The minimum absolute atomic E-state index is 0.0345. The zero-order valence-electron chi connectivity index (χ0n) is 20.6. The number of aromatic nitrogens is 4. The molecule has 0 aliphatic carbocycles. The topological polar surface area (TPSA) is 106 Å². The number of ether oxygens (including phenoxy) is 1. The highest BCUT2D eigenvalue weighted by Gasteiger charge is 2.42. The van der Waals surface area contributed by atoms with Crippen molar-refractivity contribution in [3.8, 4) is 11.4 Å².